The van der Waals surface area contributed by atoms with Gasteiger partial charge in [-0.05, 0) is 83.5 Å². The molecular weight excluding hydrogens is 1170 g/mol. The van der Waals surface area contributed by atoms with Gasteiger partial charge in [0, 0.05) is 6.42 Å². The molecular formula is C79H137NO13. The Morgan fingerprint density at radius 1 is 0.398 bits per heavy atom. The minimum atomic E-state index is -1.79. The second-order valence-corrected chi connectivity index (χ2v) is 26.0. The Morgan fingerprint density at radius 2 is 0.742 bits per heavy atom. The molecule has 0 bridgehead atoms. The molecule has 2 aliphatic rings. The molecule has 93 heavy (non-hydrogen) atoms. The van der Waals surface area contributed by atoms with Crippen LogP contribution in [0.15, 0.2) is 109 Å². The zero-order chi connectivity index (χ0) is 67.3. The number of nitrogens with one attached hydrogen (secondary N) is 1. The lowest BCUT2D eigenvalue weighted by atomic mass is 9.97. The highest BCUT2D eigenvalue weighted by atomic mass is 16.7. The standard InChI is InChI=1S/C79H137NO13/c1-3-5-7-9-11-13-15-17-19-21-23-25-27-29-31-32-33-34-35-36-37-39-41-43-45-47-49-51-53-55-57-59-61-63-71(84)80-67(66-90-78-76(89)74(87)77(70(65-82)92-78)93-79-75(88)73(86)72(85)69(64-81)91-79)68(83)62-60-58-56-54-52-50-48-46-44-42-40-38-30-28-26-24-22-20-18-16-14-12-10-8-6-4-2/h5,7,11,13,17,19,23,25,29,31,33-34,36-37,41,43,60,62,67-70,72-79,81-83,85-89H,3-4,6,8-10,12,14-16,18,20-22,24,26-28,30,32,35,38-40,42,44-59,61,63-66H2,1-2H3,(H,80,84)/b7-5-,13-11-,19-17-,25-23-,31-29-,34-33-,37-36-,43-41-,62-60+. The molecule has 0 aromatic heterocycles. The molecule has 0 radical (unpaired) electrons. The molecule has 14 nitrogen and oxygen atoms in total. The number of rotatable bonds is 61. The maximum absolute atomic E-state index is 13.4. The molecule has 12 atom stereocenters. The lowest BCUT2D eigenvalue weighted by molar-refractivity contribution is -0.359. The van der Waals surface area contributed by atoms with Crippen LogP contribution in [0.25, 0.3) is 0 Å². The number of allylic oxidation sites excluding steroid dienone is 17. The summed E-state index contributed by atoms with van der Waals surface area (Å²) in [6, 6.07) is -0.929. The van der Waals surface area contributed by atoms with E-state index in [2.05, 4.69) is 116 Å². The van der Waals surface area contributed by atoms with Crippen LogP contribution in [0.4, 0.5) is 0 Å². The predicted molar refractivity (Wildman–Crippen MR) is 382 cm³/mol. The normalized spacial score (nSPS) is 23.2. The third kappa shape index (κ3) is 45.7. The van der Waals surface area contributed by atoms with Gasteiger partial charge in [-0.3, -0.25) is 4.79 Å². The van der Waals surface area contributed by atoms with Gasteiger partial charge in [-0.25, -0.2) is 0 Å². The minimum Gasteiger partial charge on any atom is -0.394 e. The summed E-state index contributed by atoms with van der Waals surface area (Å²) in [5.74, 6) is -0.249. The van der Waals surface area contributed by atoms with E-state index in [0.717, 1.165) is 103 Å². The van der Waals surface area contributed by atoms with E-state index < -0.39 is 86.8 Å². The predicted octanol–water partition coefficient (Wildman–Crippen LogP) is 16.3. The maximum atomic E-state index is 13.4. The number of carbonyl (C=O) groups is 1. The van der Waals surface area contributed by atoms with Gasteiger partial charge in [0.2, 0.25) is 5.91 Å². The number of aliphatic hydroxyl groups excluding tert-OH is 8. The van der Waals surface area contributed by atoms with Gasteiger partial charge >= 0.3 is 0 Å². The molecule has 9 N–H and O–H groups in total. The maximum Gasteiger partial charge on any atom is 0.220 e. The van der Waals surface area contributed by atoms with Gasteiger partial charge in [0.1, 0.15) is 48.8 Å². The zero-order valence-electron chi connectivity index (χ0n) is 58.5. The van der Waals surface area contributed by atoms with Crippen molar-refractivity contribution in [1.82, 2.24) is 5.32 Å². The number of carbonyl (C=O) groups excluding carboxylic acids is 1. The molecule has 14 heteroatoms. The first-order valence-corrected chi connectivity index (χ1v) is 37.6. The summed E-state index contributed by atoms with van der Waals surface area (Å²) in [5.41, 5.74) is 0. The Hall–Kier alpha value is -3.35. The van der Waals surface area contributed by atoms with E-state index in [0.29, 0.717) is 6.42 Å². The average molecular weight is 1310 g/mol. The summed E-state index contributed by atoms with van der Waals surface area (Å²) in [6.07, 6.45) is 72.8. The highest BCUT2D eigenvalue weighted by Crippen LogP contribution is 2.30. The van der Waals surface area contributed by atoms with Crippen LogP contribution in [-0.4, -0.2) is 140 Å². The van der Waals surface area contributed by atoms with Crippen molar-refractivity contribution in [3.05, 3.63) is 109 Å². The lowest BCUT2D eigenvalue weighted by Gasteiger charge is -2.46. The fourth-order valence-electron chi connectivity index (χ4n) is 11.8. The Bertz CT molecular complexity index is 1980. The first kappa shape index (κ1) is 85.7. The average Bonchev–Trinajstić information content (AvgIpc) is 0.852. The molecule has 2 rings (SSSR count). The number of aliphatic hydroxyl groups is 8. The van der Waals surface area contributed by atoms with Crippen LogP contribution in [0.1, 0.15) is 290 Å². The van der Waals surface area contributed by atoms with Crippen molar-refractivity contribution in [2.75, 3.05) is 19.8 Å². The smallest absolute Gasteiger partial charge is 0.220 e. The van der Waals surface area contributed by atoms with E-state index in [9.17, 15) is 45.6 Å². The first-order valence-electron chi connectivity index (χ1n) is 37.6. The molecule has 0 aliphatic carbocycles. The number of ether oxygens (including phenoxy) is 4. The molecule has 2 fully saturated rings. The summed E-state index contributed by atoms with van der Waals surface area (Å²) < 4.78 is 22.9. The van der Waals surface area contributed by atoms with Crippen molar-refractivity contribution in [1.29, 1.82) is 0 Å². The van der Waals surface area contributed by atoms with E-state index in [-0.39, 0.29) is 18.9 Å². The van der Waals surface area contributed by atoms with Crippen LogP contribution in [-0.2, 0) is 23.7 Å². The van der Waals surface area contributed by atoms with Crippen molar-refractivity contribution in [3.8, 4) is 0 Å². The second-order valence-electron chi connectivity index (χ2n) is 26.0. The van der Waals surface area contributed by atoms with E-state index in [4.69, 9.17) is 18.9 Å². The van der Waals surface area contributed by atoms with E-state index in [1.807, 2.05) is 6.08 Å². The van der Waals surface area contributed by atoms with Gasteiger partial charge in [0.05, 0.1) is 32.0 Å². The van der Waals surface area contributed by atoms with Gasteiger partial charge in [0.25, 0.3) is 0 Å². The van der Waals surface area contributed by atoms with Crippen LogP contribution in [0.2, 0.25) is 0 Å². The Kier molecular flexibility index (Phi) is 57.3. The van der Waals surface area contributed by atoms with Crippen molar-refractivity contribution < 1.29 is 64.6 Å². The van der Waals surface area contributed by atoms with Gasteiger partial charge in [-0.15, -0.1) is 0 Å². The van der Waals surface area contributed by atoms with Crippen molar-refractivity contribution in [2.45, 2.75) is 364 Å². The van der Waals surface area contributed by atoms with Crippen LogP contribution < -0.4 is 5.32 Å². The van der Waals surface area contributed by atoms with Crippen molar-refractivity contribution >= 4 is 5.91 Å². The largest absolute Gasteiger partial charge is 0.394 e. The van der Waals surface area contributed by atoms with Gasteiger partial charge in [-0.1, -0.05) is 309 Å². The molecule has 2 aliphatic heterocycles. The summed E-state index contributed by atoms with van der Waals surface area (Å²) >= 11 is 0. The van der Waals surface area contributed by atoms with Gasteiger partial charge < -0.3 is 65.1 Å². The quantitative estimate of drug-likeness (QED) is 0.0204. The number of unbranched alkanes of at least 4 members (excludes halogenated alkanes) is 32. The summed E-state index contributed by atoms with van der Waals surface area (Å²) in [6.45, 7) is 2.71. The van der Waals surface area contributed by atoms with Crippen molar-refractivity contribution in [3.63, 3.8) is 0 Å². The molecule has 1 amide bonds. The molecule has 0 saturated carbocycles. The Morgan fingerprint density at radius 3 is 1.14 bits per heavy atom. The summed E-state index contributed by atoms with van der Waals surface area (Å²) in [5, 5.41) is 87.6. The SMILES string of the molecule is CC/C=C\C/C=C\C/C=C\C/C=C\C/C=C\C/C=C\C/C=C\C/C=C\CCCCCCCCCCC(=O)NC(COC1OC(CO)C(OC2OC(CO)C(O)C(O)C2O)C(O)C1O)C(O)/C=C/CCCCCCCCCCCCCCCCCCCCCCCCCC. The van der Waals surface area contributed by atoms with Gasteiger partial charge in [-0.2, -0.15) is 0 Å². The molecule has 0 aromatic rings. The van der Waals surface area contributed by atoms with E-state index in [1.165, 1.54) is 161 Å². The molecule has 536 valence electrons. The Labute approximate surface area is 566 Å². The third-order valence-corrected chi connectivity index (χ3v) is 17.7. The molecule has 0 spiro atoms. The topological polar surface area (TPSA) is 228 Å². The molecule has 2 heterocycles. The van der Waals surface area contributed by atoms with Crippen LogP contribution >= 0.6 is 0 Å². The Balaban J connectivity index is 1.67. The third-order valence-electron chi connectivity index (χ3n) is 17.7. The summed E-state index contributed by atoms with van der Waals surface area (Å²) in [4.78, 5) is 13.4. The minimum absolute atomic E-state index is 0.249. The molecule has 0 aromatic carbocycles. The first-order chi connectivity index (χ1) is 45.6. The number of hydrogen-bond donors (Lipinski definition) is 9. The van der Waals surface area contributed by atoms with E-state index >= 15 is 0 Å². The van der Waals surface area contributed by atoms with E-state index in [1.54, 1.807) is 6.08 Å². The van der Waals surface area contributed by atoms with Crippen molar-refractivity contribution in [2.24, 2.45) is 0 Å². The van der Waals surface area contributed by atoms with Crippen LogP contribution in [0.5, 0.6) is 0 Å². The fraction of sp³-hybridized carbons (Fsp3) is 0.759. The summed E-state index contributed by atoms with van der Waals surface area (Å²) in [7, 11) is 0. The van der Waals surface area contributed by atoms with Crippen LogP contribution in [0, 0.1) is 0 Å². The van der Waals surface area contributed by atoms with Crippen LogP contribution in [0.3, 0.4) is 0 Å². The molecule has 12 unspecified atom stereocenters. The molecule has 2 saturated heterocycles. The lowest BCUT2D eigenvalue weighted by Crippen LogP contribution is -2.65. The number of amides is 1. The zero-order valence-corrected chi connectivity index (χ0v) is 58.5. The second kappa shape index (κ2) is 62.2. The monoisotopic (exact) mass is 1310 g/mol. The van der Waals surface area contributed by atoms with Gasteiger partial charge in [0.15, 0.2) is 12.6 Å². The highest BCUT2D eigenvalue weighted by Gasteiger charge is 2.51. The highest BCUT2D eigenvalue weighted by molar-refractivity contribution is 5.76. The fourth-order valence-corrected chi connectivity index (χ4v) is 11.8. The number of hydrogen-bond acceptors (Lipinski definition) is 13.